The SMILES string of the molecule is CN(C(=O)c1ccccc1C(=O)O)C1CCOC1. The fourth-order valence-electron chi connectivity index (χ4n) is 2.04. The maximum absolute atomic E-state index is 12.3. The van der Waals surface area contributed by atoms with Crippen LogP contribution in [0.1, 0.15) is 27.1 Å². The minimum absolute atomic E-state index is 0.0272. The number of carboxylic acid groups (broad SMARTS) is 1. The van der Waals surface area contributed by atoms with Gasteiger partial charge in [-0.05, 0) is 18.6 Å². The van der Waals surface area contributed by atoms with E-state index in [2.05, 4.69) is 0 Å². The summed E-state index contributed by atoms with van der Waals surface area (Å²) in [5, 5.41) is 9.07. The van der Waals surface area contributed by atoms with Gasteiger partial charge in [0.25, 0.3) is 5.91 Å². The minimum Gasteiger partial charge on any atom is -0.478 e. The van der Waals surface area contributed by atoms with Gasteiger partial charge in [0, 0.05) is 13.7 Å². The molecule has 0 bridgehead atoms. The Bertz CT molecular complexity index is 466. The molecule has 1 unspecified atom stereocenters. The third-order valence-corrected chi connectivity index (χ3v) is 3.16. The second kappa shape index (κ2) is 5.18. The van der Waals surface area contributed by atoms with Crippen LogP contribution >= 0.6 is 0 Å². The van der Waals surface area contributed by atoms with E-state index in [1.807, 2.05) is 0 Å². The van der Waals surface area contributed by atoms with E-state index in [4.69, 9.17) is 9.84 Å². The topological polar surface area (TPSA) is 66.8 Å². The van der Waals surface area contributed by atoms with Crippen molar-refractivity contribution in [3.63, 3.8) is 0 Å². The van der Waals surface area contributed by atoms with E-state index < -0.39 is 5.97 Å². The van der Waals surface area contributed by atoms with Gasteiger partial charge in [0.05, 0.1) is 23.8 Å². The van der Waals surface area contributed by atoms with Crippen molar-refractivity contribution in [2.75, 3.05) is 20.3 Å². The summed E-state index contributed by atoms with van der Waals surface area (Å²) in [6.07, 6.45) is 0.789. The number of ether oxygens (including phenoxy) is 1. The zero-order chi connectivity index (χ0) is 13.1. The van der Waals surface area contributed by atoms with Gasteiger partial charge in [-0.25, -0.2) is 4.79 Å². The molecular formula is C13H15NO4. The highest BCUT2D eigenvalue weighted by atomic mass is 16.5. The van der Waals surface area contributed by atoms with Crippen LogP contribution in [0.3, 0.4) is 0 Å². The Morgan fingerprint density at radius 2 is 2.00 bits per heavy atom. The molecule has 0 aliphatic carbocycles. The molecule has 1 amide bonds. The number of benzene rings is 1. The molecule has 1 heterocycles. The van der Waals surface area contributed by atoms with Gasteiger partial charge in [0.2, 0.25) is 0 Å². The monoisotopic (exact) mass is 249 g/mol. The molecular weight excluding hydrogens is 234 g/mol. The van der Waals surface area contributed by atoms with Crippen molar-refractivity contribution in [1.29, 1.82) is 0 Å². The highest BCUT2D eigenvalue weighted by molar-refractivity contribution is 6.04. The average Bonchev–Trinajstić information content (AvgIpc) is 2.90. The van der Waals surface area contributed by atoms with Gasteiger partial charge in [-0.2, -0.15) is 0 Å². The van der Waals surface area contributed by atoms with Crippen molar-refractivity contribution in [1.82, 2.24) is 4.90 Å². The van der Waals surface area contributed by atoms with Crippen molar-refractivity contribution in [2.24, 2.45) is 0 Å². The predicted octanol–water partition coefficient (Wildman–Crippen LogP) is 1.25. The summed E-state index contributed by atoms with van der Waals surface area (Å²) in [6, 6.07) is 6.28. The highest BCUT2D eigenvalue weighted by Crippen LogP contribution is 2.16. The van der Waals surface area contributed by atoms with E-state index >= 15 is 0 Å². The largest absolute Gasteiger partial charge is 0.478 e. The Balaban J connectivity index is 2.25. The van der Waals surface area contributed by atoms with Crippen molar-refractivity contribution in [3.8, 4) is 0 Å². The van der Waals surface area contributed by atoms with Crippen LogP contribution in [-0.4, -0.2) is 48.2 Å². The summed E-state index contributed by atoms with van der Waals surface area (Å²) in [5.41, 5.74) is 0.257. The first kappa shape index (κ1) is 12.6. The molecule has 96 valence electrons. The molecule has 0 spiro atoms. The van der Waals surface area contributed by atoms with Crippen LogP contribution in [0.15, 0.2) is 24.3 Å². The first-order valence-electron chi connectivity index (χ1n) is 5.78. The third-order valence-electron chi connectivity index (χ3n) is 3.16. The van der Waals surface area contributed by atoms with Gasteiger partial charge in [-0.1, -0.05) is 12.1 Å². The Kier molecular flexibility index (Phi) is 3.62. The number of carbonyl (C=O) groups excluding carboxylic acids is 1. The molecule has 1 saturated heterocycles. The van der Waals surface area contributed by atoms with Gasteiger partial charge >= 0.3 is 5.97 Å². The van der Waals surface area contributed by atoms with Crippen LogP contribution in [0.5, 0.6) is 0 Å². The number of aromatic carboxylic acids is 1. The van der Waals surface area contributed by atoms with Gasteiger partial charge < -0.3 is 14.7 Å². The number of carboxylic acids is 1. The Morgan fingerprint density at radius 3 is 2.56 bits per heavy atom. The molecule has 5 heteroatoms. The number of carbonyl (C=O) groups is 2. The third kappa shape index (κ3) is 2.36. The molecule has 1 fully saturated rings. The lowest BCUT2D eigenvalue weighted by molar-refractivity contribution is 0.0662. The summed E-state index contributed by atoms with van der Waals surface area (Å²) in [5.74, 6) is -1.36. The smallest absolute Gasteiger partial charge is 0.336 e. The van der Waals surface area contributed by atoms with E-state index in [1.165, 1.54) is 12.1 Å². The van der Waals surface area contributed by atoms with Crippen molar-refractivity contribution >= 4 is 11.9 Å². The lowest BCUT2D eigenvalue weighted by Gasteiger charge is -2.23. The molecule has 0 aromatic heterocycles. The number of nitrogens with zero attached hydrogens (tertiary/aromatic N) is 1. The summed E-state index contributed by atoms with van der Waals surface area (Å²) in [4.78, 5) is 24.9. The first-order chi connectivity index (χ1) is 8.61. The van der Waals surface area contributed by atoms with E-state index in [9.17, 15) is 9.59 Å². The maximum Gasteiger partial charge on any atom is 0.336 e. The number of hydrogen-bond acceptors (Lipinski definition) is 3. The van der Waals surface area contributed by atoms with Crippen LogP contribution in [0.4, 0.5) is 0 Å². The molecule has 1 aromatic rings. The van der Waals surface area contributed by atoms with Crippen LogP contribution in [0.2, 0.25) is 0 Å². The zero-order valence-electron chi connectivity index (χ0n) is 10.1. The fraction of sp³-hybridized carbons (Fsp3) is 0.385. The summed E-state index contributed by atoms with van der Waals surface area (Å²) < 4.78 is 5.23. The van der Waals surface area contributed by atoms with Gasteiger partial charge in [0.1, 0.15) is 0 Å². The normalized spacial score (nSPS) is 18.6. The van der Waals surface area contributed by atoms with Crippen molar-refractivity contribution < 1.29 is 19.4 Å². The van der Waals surface area contributed by atoms with Crippen LogP contribution in [-0.2, 0) is 4.74 Å². The number of hydrogen-bond donors (Lipinski definition) is 1. The zero-order valence-corrected chi connectivity index (χ0v) is 10.1. The predicted molar refractivity (Wildman–Crippen MR) is 64.7 cm³/mol. The number of amides is 1. The van der Waals surface area contributed by atoms with Crippen LogP contribution < -0.4 is 0 Å². The minimum atomic E-state index is -1.09. The second-order valence-electron chi connectivity index (χ2n) is 4.28. The lowest BCUT2D eigenvalue weighted by Crippen LogP contribution is -2.38. The molecule has 1 aliphatic heterocycles. The van der Waals surface area contributed by atoms with Crippen LogP contribution in [0, 0.1) is 0 Å². The van der Waals surface area contributed by atoms with E-state index in [0.717, 1.165) is 6.42 Å². The molecule has 0 saturated carbocycles. The molecule has 2 rings (SSSR count). The fourth-order valence-corrected chi connectivity index (χ4v) is 2.04. The molecule has 1 N–H and O–H groups in total. The van der Waals surface area contributed by atoms with Gasteiger partial charge in [0.15, 0.2) is 0 Å². The molecule has 1 aromatic carbocycles. The first-order valence-corrected chi connectivity index (χ1v) is 5.78. The molecule has 0 radical (unpaired) electrons. The summed E-state index contributed by atoms with van der Waals surface area (Å²) >= 11 is 0. The van der Waals surface area contributed by atoms with Crippen molar-refractivity contribution in [3.05, 3.63) is 35.4 Å². The standard InChI is InChI=1S/C13H15NO4/c1-14(9-6-7-18-8-9)12(15)10-4-2-3-5-11(10)13(16)17/h2-5,9H,6-8H2,1H3,(H,16,17). The molecule has 1 aliphatic rings. The number of likely N-dealkylation sites (N-methyl/N-ethyl adjacent to an activating group) is 1. The molecule has 18 heavy (non-hydrogen) atoms. The maximum atomic E-state index is 12.3. The lowest BCUT2D eigenvalue weighted by atomic mass is 10.1. The van der Waals surface area contributed by atoms with Gasteiger partial charge in [-0.15, -0.1) is 0 Å². The summed E-state index contributed by atoms with van der Waals surface area (Å²) in [7, 11) is 1.68. The highest BCUT2D eigenvalue weighted by Gasteiger charge is 2.27. The summed E-state index contributed by atoms with van der Waals surface area (Å²) in [6.45, 7) is 1.15. The Labute approximate surface area is 105 Å². The van der Waals surface area contributed by atoms with Crippen molar-refractivity contribution in [2.45, 2.75) is 12.5 Å². The van der Waals surface area contributed by atoms with Crippen LogP contribution in [0.25, 0.3) is 0 Å². The molecule has 5 nitrogen and oxygen atoms in total. The average molecular weight is 249 g/mol. The molecule has 1 atom stereocenters. The second-order valence-corrected chi connectivity index (χ2v) is 4.28. The number of rotatable bonds is 3. The Hall–Kier alpha value is -1.88. The Morgan fingerprint density at radius 1 is 1.33 bits per heavy atom. The van der Waals surface area contributed by atoms with E-state index in [-0.39, 0.29) is 23.1 Å². The van der Waals surface area contributed by atoms with E-state index in [0.29, 0.717) is 13.2 Å². The van der Waals surface area contributed by atoms with E-state index in [1.54, 1.807) is 24.1 Å². The van der Waals surface area contributed by atoms with Gasteiger partial charge in [-0.3, -0.25) is 4.79 Å². The quantitative estimate of drug-likeness (QED) is 0.875.